The van der Waals surface area contributed by atoms with Crippen molar-refractivity contribution in [2.45, 2.75) is 64.6 Å². The smallest absolute Gasteiger partial charge is 0.410 e. The molecule has 1 amide bonds. The van der Waals surface area contributed by atoms with Crippen molar-refractivity contribution in [2.24, 2.45) is 5.92 Å². The monoisotopic (exact) mass is 503 g/mol. The molecule has 2 heterocycles. The van der Waals surface area contributed by atoms with Crippen molar-refractivity contribution < 1.29 is 28.6 Å². The van der Waals surface area contributed by atoms with Gasteiger partial charge in [-0.1, -0.05) is 0 Å². The number of amides is 1. The number of carbonyl (C=O) groups excluding carboxylic acids is 1. The highest BCUT2D eigenvalue weighted by Crippen LogP contribution is 2.44. The number of methoxy groups -OCH3 is 1. The number of aromatic carboxylic acids is 1. The molecular weight excluding hydrogens is 469 g/mol. The van der Waals surface area contributed by atoms with E-state index in [0.717, 1.165) is 25.3 Å². The van der Waals surface area contributed by atoms with Crippen molar-refractivity contribution in [1.29, 1.82) is 0 Å². The van der Waals surface area contributed by atoms with Crippen molar-refractivity contribution in [3.63, 3.8) is 0 Å². The van der Waals surface area contributed by atoms with Crippen LogP contribution in [0.3, 0.4) is 0 Å². The Balaban J connectivity index is 1.70. The van der Waals surface area contributed by atoms with Gasteiger partial charge in [0.05, 0.1) is 18.0 Å². The molecule has 9 nitrogen and oxygen atoms in total. The molecule has 36 heavy (non-hydrogen) atoms. The summed E-state index contributed by atoms with van der Waals surface area (Å²) >= 11 is 0. The standard InChI is InChI=1S/C26H34FN3O6/c1-14(28(5)25(34)36-26(2,3)4)15-9-10-29(12-15)21-19(27)11-17-20(23(21)35-6)30(16-7-8-16)13-18(22(17)31)24(32)33/h11,13-16H,7-10,12H2,1-6H3,(H,32,33)/t14-,15?/m0/s1. The summed E-state index contributed by atoms with van der Waals surface area (Å²) in [7, 11) is 3.13. The zero-order valence-electron chi connectivity index (χ0n) is 21.6. The Morgan fingerprint density at radius 1 is 1.25 bits per heavy atom. The number of hydrogen-bond acceptors (Lipinski definition) is 6. The van der Waals surface area contributed by atoms with E-state index in [9.17, 15) is 19.5 Å². The number of aromatic nitrogens is 1. The number of carboxylic acids is 1. The van der Waals surface area contributed by atoms with E-state index in [2.05, 4.69) is 0 Å². The van der Waals surface area contributed by atoms with E-state index in [4.69, 9.17) is 9.47 Å². The molecule has 2 aliphatic rings. The zero-order valence-corrected chi connectivity index (χ0v) is 21.6. The van der Waals surface area contributed by atoms with Crippen LogP contribution in [0.5, 0.6) is 5.75 Å². The van der Waals surface area contributed by atoms with Crippen LogP contribution in [0.2, 0.25) is 0 Å². The SMILES string of the molecule is COc1c(N2CCC([C@H](C)N(C)C(=O)OC(C)(C)C)C2)c(F)cc2c(=O)c(C(=O)O)cn(C3CC3)c12. The largest absolute Gasteiger partial charge is 0.492 e. The first kappa shape index (κ1) is 25.8. The third-order valence-electron chi connectivity index (χ3n) is 7.09. The van der Waals surface area contributed by atoms with E-state index < -0.39 is 28.9 Å². The molecule has 2 fully saturated rings. The molecule has 4 rings (SSSR count). The van der Waals surface area contributed by atoms with Crippen LogP contribution in [0, 0.1) is 11.7 Å². The Kier molecular flexibility index (Phi) is 6.66. The summed E-state index contributed by atoms with van der Waals surface area (Å²) in [5.74, 6) is -1.71. The highest BCUT2D eigenvalue weighted by molar-refractivity contribution is 5.97. The van der Waals surface area contributed by atoms with Gasteiger partial charge in [0, 0.05) is 38.4 Å². The Morgan fingerprint density at radius 3 is 2.47 bits per heavy atom. The lowest BCUT2D eigenvalue weighted by atomic mass is 9.99. The highest BCUT2D eigenvalue weighted by Gasteiger charge is 2.36. The Labute approximate surface area is 209 Å². The lowest BCUT2D eigenvalue weighted by Crippen LogP contribution is -2.43. The number of nitrogens with zero attached hydrogens (tertiary/aromatic N) is 3. The lowest BCUT2D eigenvalue weighted by Gasteiger charge is -2.32. The number of rotatable bonds is 6. The predicted octanol–water partition coefficient (Wildman–Crippen LogP) is 4.26. The van der Waals surface area contributed by atoms with Crippen LogP contribution in [-0.4, -0.2) is 65.5 Å². The molecule has 0 spiro atoms. The number of halogens is 1. The van der Waals surface area contributed by atoms with Gasteiger partial charge < -0.3 is 28.9 Å². The highest BCUT2D eigenvalue weighted by atomic mass is 19.1. The number of carbonyl (C=O) groups is 2. The molecule has 1 aliphatic heterocycles. The van der Waals surface area contributed by atoms with E-state index in [1.807, 2.05) is 32.6 Å². The fourth-order valence-corrected chi connectivity index (χ4v) is 4.92. The molecule has 2 atom stereocenters. The number of ether oxygens (including phenoxy) is 2. The number of benzene rings is 1. The van der Waals surface area contributed by atoms with Crippen LogP contribution in [0.1, 0.15) is 63.4 Å². The molecule has 2 aromatic rings. The van der Waals surface area contributed by atoms with Crippen LogP contribution in [0.4, 0.5) is 14.9 Å². The van der Waals surface area contributed by atoms with Crippen molar-refractivity contribution in [2.75, 3.05) is 32.1 Å². The number of hydrogen-bond donors (Lipinski definition) is 1. The summed E-state index contributed by atoms with van der Waals surface area (Å²) in [6, 6.07) is 1.01. The number of fused-ring (bicyclic) bond motifs is 1. The Hall–Kier alpha value is -3.30. The number of anilines is 1. The summed E-state index contributed by atoms with van der Waals surface area (Å²) in [4.78, 5) is 40.6. The second kappa shape index (κ2) is 9.29. The third-order valence-corrected chi connectivity index (χ3v) is 7.09. The third kappa shape index (κ3) is 4.73. The quantitative estimate of drug-likeness (QED) is 0.628. The van der Waals surface area contributed by atoms with Gasteiger partial charge in [0.15, 0.2) is 11.6 Å². The normalized spacial score (nSPS) is 18.9. The maximum atomic E-state index is 15.6. The molecular formula is C26H34FN3O6. The minimum Gasteiger partial charge on any atom is -0.492 e. The van der Waals surface area contributed by atoms with Crippen molar-refractivity contribution >= 4 is 28.7 Å². The predicted molar refractivity (Wildman–Crippen MR) is 134 cm³/mol. The van der Waals surface area contributed by atoms with Crippen molar-refractivity contribution in [3.05, 3.63) is 33.9 Å². The summed E-state index contributed by atoms with van der Waals surface area (Å²) in [6.07, 6.45) is 3.34. The second-order valence-corrected chi connectivity index (χ2v) is 10.8. The van der Waals surface area contributed by atoms with Gasteiger partial charge in [-0.2, -0.15) is 0 Å². The molecule has 0 bridgehead atoms. The van der Waals surface area contributed by atoms with E-state index in [1.165, 1.54) is 13.3 Å². The molecule has 1 aromatic carbocycles. The second-order valence-electron chi connectivity index (χ2n) is 10.8. The minimum absolute atomic E-state index is 0.00586. The van der Waals surface area contributed by atoms with Crippen LogP contribution in [0.25, 0.3) is 10.9 Å². The van der Waals surface area contributed by atoms with Crippen molar-refractivity contribution in [3.8, 4) is 5.75 Å². The average molecular weight is 504 g/mol. The molecule has 0 radical (unpaired) electrons. The average Bonchev–Trinajstić information content (AvgIpc) is 3.52. The number of carboxylic acid groups (broad SMARTS) is 1. The number of pyridine rings is 1. The van der Waals surface area contributed by atoms with Crippen LogP contribution < -0.4 is 15.1 Å². The maximum Gasteiger partial charge on any atom is 0.410 e. The molecule has 1 unspecified atom stereocenters. The van der Waals surface area contributed by atoms with Gasteiger partial charge in [0.25, 0.3) is 0 Å². The van der Waals surface area contributed by atoms with E-state index in [0.29, 0.717) is 18.6 Å². The van der Waals surface area contributed by atoms with Crippen LogP contribution in [-0.2, 0) is 4.74 Å². The molecule has 1 aliphatic carbocycles. The summed E-state index contributed by atoms with van der Waals surface area (Å²) in [5.41, 5.74) is -1.06. The van der Waals surface area contributed by atoms with E-state index >= 15 is 4.39 Å². The Bertz CT molecular complexity index is 1260. The molecule has 196 valence electrons. The van der Waals surface area contributed by atoms with E-state index in [1.54, 1.807) is 16.5 Å². The van der Waals surface area contributed by atoms with Gasteiger partial charge in [0.1, 0.15) is 16.9 Å². The van der Waals surface area contributed by atoms with Gasteiger partial charge in [-0.25, -0.2) is 14.0 Å². The summed E-state index contributed by atoms with van der Waals surface area (Å²) < 4.78 is 28.5. The molecule has 1 saturated heterocycles. The first-order chi connectivity index (χ1) is 16.8. The molecule has 1 N–H and O–H groups in total. The van der Waals surface area contributed by atoms with Gasteiger partial charge >= 0.3 is 12.1 Å². The fourth-order valence-electron chi connectivity index (χ4n) is 4.92. The van der Waals surface area contributed by atoms with Gasteiger partial charge in [-0.3, -0.25) is 4.79 Å². The lowest BCUT2D eigenvalue weighted by molar-refractivity contribution is 0.0192. The Morgan fingerprint density at radius 2 is 1.92 bits per heavy atom. The first-order valence-corrected chi connectivity index (χ1v) is 12.2. The maximum absolute atomic E-state index is 15.6. The fraction of sp³-hybridized carbons (Fsp3) is 0.577. The zero-order chi connectivity index (χ0) is 26.5. The molecule has 1 aromatic heterocycles. The van der Waals surface area contributed by atoms with Crippen molar-refractivity contribution in [1.82, 2.24) is 9.47 Å². The van der Waals surface area contributed by atoms with Gasteiger partial charge in [0.2, 0.25) is 5.43 Å². The molecule has 10 heteroatoms. The first-order valence-electron chi connectivity index (χ1n) is 12.2. The topological polar surface area (TPSA) is 101 Å². The van der Waals surface area contributed by atoms with Crippen LogP contribution >= 0.6 is 0 Å². The van der Waals surface area contributed by atoms with Crippen LogP contribution in [0.15, 0.2) is 17.1 Å². The summed E-state index contributed by atoms with van der Waals surface area (Å²) in [5, 5.41) is 9.51. The minimum atomic E-state index is -1.34. The van der Waals surface area contributed by atoms with E-state index in [-0.39, 0.29) is 40.4 Å². The van der Waals surface area contributed by atoms with Gasteiger partial charge in [-0.05, 0) is 58.9 Å². The summed E-state index contributed by atoms with van der Waals surface area (Å²) in [6.45, 7) is 8.41. The van der Waals surface area contributed by atoms with Gasteiger partial charge in [-0.15, -0.1) is 0 Å². The molecule has 1 saturated carbocycles.